The number of carbonyl (C=O) groups is 1. The molecule has 4 heterocycles. The van der Waals surface area contributed by atoms with Gasteiger partial charge in [-0.3, -0.25) is 9.72 Å². The highest BCUT2D eigenvalue weighted by atomic mass is 79.9. The summed E-state index contributed by atoms with van der Waals surface area (Å²) >= 11 is 3.40. The molecule has 3 aromatic heterocycles. The monoisotopic (exact) mass is 391 g/mol. The number of likely N-dealkylation sites (tertiary alicyclic amines) is 1. The Kier molecular flexibility index (Phi) is 3.68. The van der Waals surface area contributed by atoms with Crippen LogP contribution in [0, 0.1) is 6.92 Å². The number of aryl methyl sites for hydroxylation is 1. The smallest absolute Gasteiger partial charge is 0.324 e. The molecule has 4 rings (SSSR count). The molecule has 0 radical (unpaired) electrons. The first-order valence-corrected chi connectivity index (χ1v) is 8.29. The Labute approximate surface area is 145 Å². The molecule has 1 aliphatic rings. The second kappa shape index (κ2) is 5.86. The molecule has 10 heteroatoms. The normalized spacial score (nSPS) is 17.6. The zero-order valence-electron chi connectivity index (χ0n) is 12.8. The van der Waals surface area contributed by atoms with E-state index < -0.39 is 0 Å². The van der Waals surface area contributed by atoms with Crippen LogP contribution in [0.4, 0.5) is 10.7 Å². The lowest BCUT2D eigenvalue weighted by molar-refractivity contribution is 0.203. The number of fused-ring (bicyclic) bond motifs is 1. The van der Waals surface area contributed by atoms with Gasteiger partial charge in [0.25, 0.3) is 0 Å². The van der Waals surface area contributed by atoms with Gasteiger partial charge < -0.3 is 9.42 Å². The maximum absolute atomic E-state index is 12.7. The van der Waals surface area contributed by atoms with Crippen LogP contribution in [0.15, 0.2) is 27.3 Å². The number of carbonyl (C=O) groups excluding carboxylic acids is 1. The van der Waals surface area contributed by atoms with E-state index in [2.05, 4.69) is 41.6 Å². The maximum Gasteiger partial charge on any atom is 0.324 e. The Morgan fingerprint density at radius 3 is 3.08 bits per heavy atom. The van der Waals surface area contributed by atoms with E-state index in [1.165, 1.54) is 0 Å². The Balaban J connectivity index is 1.57. The van der Waals surface area contributed by atoms with Gasteiger partial charge in [-0.15, -0.1) is 10.2 Å². The third-order valence-corrected chi connectivity index (χ3v) is 4.41. The topological polar surface area (TPSA) is 101 Å². The molecule has 3 aromatic rings. The Hall–Kier alpha value is -2.49. The standard InChI is InChI=1S/C14H14BrN7O2/c1-8-16-12(20-24-8)10-3-2-6-21(10)14(23)17-13-19-18-11-5-4-9(15)7-22(11)13/h4-5,7,10H,2-3,6H2,1H3,(H,17,19,23). The number of pyridine rings is 1. The summed E-state index contributed by atoms with van der Waals surface area (Å²) in [5.74, 6) is 1.39. The predicted octanol–water partition coefficient (Wildman–Crippen LogP) is 2.55. The molecule has 1 saturated heterocycles. The van der Waals surface area contributed by atoms with Crippen molar-refractivity contribution in [2.45, 2.75) is 25.8 Å². The molecule has 1 fully saturated rings. The highest BCUT2D eigenvalue weighted by Gasteiger charge is 2.33. The molecule has 124 valence electrons. The van der Waals surface area contributed by atoms with E-state index in [0.717, 1.165) is 17.3 Å². The Bertz CT molecular complexity index is 906. The molecule has 0 aromatic carbocycles. The summed E-state index contributed by atoms with van der Waals surface area (Å²) in [6.07, 6.45) is 3.49. The summed E-state index contributed by atoms with van der Waals surface area (Å²) in [4.78, 5) is 18.6. The summed E-state index contributed by atoms with van der Waals surface area (Å²) in [6.45, 7) is 2.36. The molecule has 0 bridgehead atoms. The van der Waals surface area contributed by atoms with Gasteiger partial charge in [-0.05, 0) is 40.9 Å². The number of nitrogens with zero attached hydrogens (tertiary/aromatic N) is 6. The van der Waals surface area contributed by atoms with Crippen molar-refractivity contribution in [1.29, 1.82) is 0 Å². The summed E-state index contributed by atoms with van der Waals surface area (Å²) in [5.41, 5.74) is 0.653. The third kappa shape index (κ3) is 2.62. The van der Waals surface area contributed by atoms with Crippen LogP contribution in [0.25, 0.3) is 5.65 Å². The van der Waals surface area contributed by atoms with Crippen molar-refractivity contribution in [2.24, 2.45) is 0 Å². The fraction of sp³-hybridized carbons (Fsp3) is 0.357. The van der Waals surface area contributed by atoms with E-state index in [9.17, 15) is 4.79 Å². The molecule has 2 amide bonds. The second-order valence-electron chi connectivity index (χ2n) is 5.55. The first-order valence-electron chi connectivity index (χ1n) is 7.50. The second-order valence-corrected chi connectivity index (χ2v) is 6.47. The largest absolute Gasteiger partial charge is 0.340 e. The van der Waals surface area contributed by atoms with Crippen molar-refractivity contribution in [3.8, 4) is 0 Å². The molecular formula is C14H14BrN7O2. The van der Waals surface area contributed by atoms with Crippen molar-refractivity contribution in [3.05, 3.63) is 34.5 Å². The van der Waals surface area contributed by atoms with Gasteiger partial charge in [0.1, 0.15) is 0 Å². The van der Waals surface area contributed by atoms with Gasteiger partial charge in [0.05, 0.1) is 6.04 Å². The van der Waals surface area contributed by atoms with Gasteiger partial charge in [-0.1, -0.05) is 5.16 Å². The van der Waals surface area contributed by atoms with Crippen LogP contribution in [-0.2, 0) is 0 Å². The number of urea groups is 1. The zero-order chi connectivity index (χ0) is 16.7. The number of aromatic nitrogens is 5. The van der Waals surface area contributed by atoms with Crippen molar-refractivity contribution in [2.75, 3.05) is 11.9 Å². The summed E-state index contributed by atoms with van der Waals surface area (Å²) in [6, 6.07) is 3.24. The van der Waals surface area contributed by atoms with Gasteiger partial charge in [0, 0.05) is 24.1 Å². The fourth-order valence-corrected chi connectivity index (χ4v) is 3.18. The van der Waals surface area contributed by atoms with E-state index in [1.807, 2.05) is 12.1 Å². The van der Waals surface area contributed by atoms with Crippen molar-refractivity contribution in [3.63, 3.8) is 0 Å². The molecular weight excluding hydrogens is 378 g/mol. The van der Waals surface area contributed by atoms with E-state index in [0.29, 0.717) is 29.9 Å². The van der Waals surface area contributed by atoms with Gasteiger partial charge in [-0.25, -0.2) is 4.79 Å². The highest BCUT2D eigenvalue weighted by molar-refractivity contribution is 9.10. The van der Waals surface area contributed by atoms with Crippen LogP contribution in [0.3, 0.4) is 0 Å². The molecule has 0 spiro atoms. The van der Waals surface area contributed by atoms with E-state index in [4.69, 9.17) is 4.52 Å². The van der Waals surface area contributed by atoms with Crippen LogP contribution in [-0.4, -0.2) is 42.2 Å². The van der Waals surface area contributed by atoms with Crippen LogP contribution in [0.5, 0.6) is 0 Å². The predicted molar refractivity (Wildman–Crippen MR) is 87.4 cm³/mol. The first-order chi connectivity index (χ1) is 11.6. The molecule has 1 aliphatic heterocycles. The van der Waals surface area contributed by atoms with Crippen LogP contribution < -0.4 is 5.32 Å². The molecule has 0 saturated carbocycles. The quantitative estimate of drug-likeness (QED) is 0.719. The number of halogens is 1. The van der Waals surface area contributed by atoms with Crippen molar-refractivity contribution < 1.29 is 9.32 Å². The van der Waals surface area contributed by atoms with E-state index in [1.54, 1.807) is 22.4 Å². The van der Waals surface area contributed by atoms with Gasteiger partial charge in [-0.2, -0.15) is 4.98 Å². The van der Waals surface area contributed by atoms with Crippen molar-refractivity contribution in [1.82, 2.24) is 29.6 Å². The number of hydrogen-bond donors (Lipinski definition) is 1. The number of amides is 2. The SMILES string of the molecule is Cc1nc(C2CCCN2C(=O)Nc2nnc3ccc(Br)cn23)no1. The average molecular weight is 392 g/mol. The maximum atomic E-state index is 12.7. The van der Waals surface area contributed by atoms with E-state index in [-0.39, 0.29) is 12.1 Å². The van der Waals surface area contributed by atoms with Crippen LogP contribution in [0.1, 0.15) is 30.6 Å². The van der Waals surface area contributed by atoms with Crippen LogP contribution in [0.2, 0.25) is 0 Å². The molecule has 9 nitrogen and oxygen atoms in total. The molecule has 1 unspecified atom stereocenters. The minimum Gasteiger partial charge on any atom is -0.340 e. The minimum absolute atomic E-state index is 0.187. The van der Waals surface area contributed by atoms with Crippen molar-refractivity contribution >= 4 is 33.6 Å². The number of anilines is 1. The lowest BCUT2D eigenvalue weighted by atomic mass is 10.2. The summed E-state index contributed by atoms with van der Waals surface area (Å²) in [5, 5.41) is 14.8. The molecule has 0 aliphatic carbocycles. The zero-order valence-corrected chi connectivity index (χ0v) is 14.4. The highest BCUT2D eigenvalue weighted by Crippen LogP contribution is 2.30. The van der Waals surface area contributed by atoms with Gasteiger partial charge in [0.2, 0.25) is 11.8 Å². The fourth-order valence-electron chi connectivity index (χ4n) is 2.85. The average Bonchev–Trinajstić information content (AvgIpc) is 3.27. The van der Waals surface area contributed by atoms with E-state index >= 15 is 0 Å². The van der Waals surface area contributed by atoms with Gasteiger partial charge in [0.15, 0.2) is 11.5 Å². The molecule has 1 atom stereocenters. The third-order valence-electron chi connectivity index (χ3n) is 3.94. The Morgan fingerprint density at radius 2 is 2.29 bits per heavy atom. The number of hydrogen-bond acceptors (Lipinski definition) is 6. The van der Waals surface area contributed by atoms with Crippen LogP contribution >= 0.6 is 15.9 Å². The Morgan fingerprint density at radius 1 is 1.42 bits per heavy atom. The lowest BCUT2D eigenvalue weighted by Gasteiger charge is -2.21. The van der Waals surface area contributed by atoms with Gasteiger partial charge >= 0.3 is 6.03 Å². The molecule has 24 heavy (non-hydrogen) atoms. The first kappa shape index (κ1) is 15.1. The lowest BCUT2D eigenvalue weighted by Crippen LogP contribution is -2.35. The number of rotatable bonds is 2. The molecule has 1 N–H and O–H groups in total. The summed E-state index contributed by atoms with van der Waals surface area (Å²) in [7, 11) is 0. The minimum atomic E-state index is -0.255. The number of nitrogens with one attached hydrogen (secondary N) is 1. The summed E-state index contributed by atoms with van der Waals surface area (Å²) < 4.78 is 7.61.